The third-order valence-corrected chi connectivity index (χ3v) is 9.08. The van der Waals surface area contributed by atoms with Gasteiger partial charge in [-0.1, -0.05) is 6.92 Å². The highest BCUT2D eigenvalue weighted by Gasteiger charge is 2.45. The van der Waals surface area contributed by atoms with E-state index in [9.17, 15) is 54.4 Å². The van der Waals surface area contributed by atoms with E-state index in [1.807, 2.05) is 0 Å². The van der Waals surface area contributed by atoms with Gasteiger partial charge < -0.3 is 9.64 Å². The molecule has 1 fully saturated rings. The SMILES string of the molecule is CCOC(=O)CC1CCC(C(=O)N2c3ccc(C(F)(F)F)cc3[C@@H](C(C#N)c3cc(C(F)(F)F)cc(C(F)(F)F)c3)C[C@H]2CC)CC1. The van der Waals surface area contributed by atoms with Crippen molar-refractivity contribution >= 4 is 17.6 Å². The first-order valence-corrected chi connectivity index (χ1v) is 15.3. The Morgan fingerprint density at radius 1 is 0.872 bits per heavy atom. The molecular formula is C33H33F9N2O3. The minimum atomic E-state index is -5.20. The quantitative estimate of drug-likeness (QED) is 0.217. The van der Waals surface area contributed by atoms with Crippen LogP contribution in [0.15, 0.2) is 36.4 Å². The summed E-state index contributed by atoms with van der Waals surface area (Å²) in [6, 6.07) is 4.39. The number of ether oxygens (including phenoxy) is 1. The zero-order valence-electron chi connectivity index (χ0n) is 25.5. The molecule has 2 aliphatic rings. The Balaban J connectivity index is 1.77. The number of alkyl halides is 9. The van der Waals surface area contributed by atoms with E-state index in [0.29, 0.717) is 37.8 Å². The smallest absolute Gasteiger partial charge is 0.416 e. The molecule has 14 heteroatoms. The number of carbonyl (C=O) groups is 2. The minimum absolute atomic E-state index is 0.00197. The Morgan fingerprint density at radius 3 is 1.94 bits per heavy atom. The van der Waals surface area contributed by atoms with Gasteiger partial charge in [-0.15, -0.1) is 0 Å². The molecule has 4 rings (SSSR count). The molecule has 1 aliphatic heterocycles. The summed E-state index contributed by atoms with van der Waals surface area (Å²) in [6.45, 7) is 3.62. The Labute approximate surface area is 265 Å². The molecular weight excluding hydrogens is 643 g/mol. The summed E-state index contributed by atoms with van der Waals surface area (Å²) in [5.74, 6) is -4.23. The van der Waals surface area contributed by atoms with Crippen molar-refractivity contribution in [3.05, 3.63) is 64.2 Å². The van der Waals surface area contributed by atoms with E-state index in [2.05, 4.69) is 0 Å². The fourth-order valence-corrected chi connectivity index (χ4v) is 6.75. The van der Waals surface area contributed by atoms with Crippen LogP contribution in [0.1, 0.15) is 98.4 Å². The summed E-state index contributed by atoms with van der Waals surface area (Å²) in [6.07, 6.45) is -13.1. The lowest BCUT2D eigenvalue weighted by atomic mass is 9.73. The summed E-state index contributed by atoms with van der Waals surface area (Å²) < 4.78 is 129. The van der Waals surface area contributed by atoms with Crippen LogP contribution >= 0.6 is 0 Å². The van der Waals surface area contributed by atoms with Gasteiger partial charge in [-0.05, 0) is 98.9 Å². The van der Waals surface area contributed by atoms with E-state index in [0.717, 1.165) is 18.2 Å². The number of nitriles is 1. The molecule has 3 atom stereocenters. The zero-order valence-corrected chi connectivity index (χ0v) is 25.5. The molecule has 0 spiro atoms. The molecule has 0 N–H and O–H groups in total. The highest BCUT2D eigenvalue weighted by Crippen LogP contribution is 2.50. The van der Waals surface area contributed by atoms with E-state index in [1.165, 1.54) is 4.90 Å². The molecule has 256 valence electrons. The first kappa shape index (κ1) is 36.1. The average Bonchev–Trinajstić information content (AvgIpc) is 2.99. The Morgan fingerprint density at radius 2 is 1.45 bits per heavy atom. The van der Waals surface area contributed by atoms with Gasteiger partial charge in [0.2, 0.25) is 5.91 Å². The fraction of sp³-hybridized carbons (Fsp3) is 0.545. The van der Waals surface area contributed by atoms with Crippen molar-refractivity contribution in [1.29, 1.82) is 5.26 Å². The van der Waals surface area contributed by atoms with Crippen molar-refractivity contribution in [1.82, 2.24) is 0 Å². The largest absolute Gasteiger partial charge is 0.466 e. The first-order valence-electron chi connectivity index (χ1n) is 15.3. The lowest BCUT2D eigenvalue weighted by Crippen LogP contribution is -2.48. The standard InChI is InChI=1S/C33H33F9N2O3/c1-3-24-16-25(27(17-43)20-12-22(32(37,38)39)14-23(13-20)33(40,41)42)26-15-21(31(34,35)36)9-10-28(26)44(24)30(46)19-7-5-18(6-8-19)11-29(45)47-4-2/h9-10,12-15,18-19,24-25,27H,3-8,11,16H2,1-2H3/t18?,19?,24-,25+,27?/m1/s1. The van der Waals surface area contributed by atoms with Crippen molar-refractivity contribution in [3.63, 3.8) is 0 Å². The highest BCUT2D eigenvalue weighted by atomic mass is 19.4. The molecule has 0 radical (unpaired) electrons. The average molecular weight is 677 g/mol. The Bertz CT molecular complexity index is 1470. The number of carbonyl (C=O) groups excluding carboxylic acids is 2. The number of anilines is 1. The van der Waals surface area contributed by atoms with Gasteiger partial charge in [0.1, 0.15) is 0 Å². The van der Waals surface area contributed by atoms with Gasteiger partial charge in [-0.3, -0.25) is 9.59 Å². The summed E-state index contributed by atoms with van der Waals surface area (Å²) in [7, 11) is 0. The van der Waals surface area contributed by atoms with Crippen molar-refractivity contribution < 1.29 is 53.8 Å². The molecule has 0 saturated heterocycles. The van der Waals surface area contributed by atoms with Crippen molar-refractivity contribution in [3.8, 4) is 6.07 Å². The van der Waals surface area contributed by atoms with E-state index in [4.69, 9.17) is 4.74 Å². The van der Waals surface area contributed by atoms with Gasteiger partial charge in [0.25, 0.3) is 0 Å². The van der Waals surface area contributed by atoms with Crippen LogP contribution in [0.5, 0.6) is 0 Å². The molecule has 1 aliphatic carbocycles. The fourth-order valence-electron chi connectivity index (χ4n) is 6.75. The van der Waals surface area contributed by atoms with Crippen LogP contribution in [0.4, 0.5) is 45.2 Å². The molecule has 1 amide bonds. The second-order valence-electron chi connectivity index (χ2n) is 12.1. The monoisotopic (exact) mass is 676 g/mol. The highest BCUT2D eigenvalue weighted by molar-refractivity contribution is 5.97. The van der Waals surface area contributed by atoms with Crippen LogP contribution in [0.25, 0.3) is 0 Å². The molecule has 2 aromatic carbocycles. The lowest BCUT2D eigenvalue weighted by Gasteiger charge is -2.44. The molecule has 1 unspecified atom stereocenters. The number of nitrogens with zero attached hydrogens (tertiary/aromatic N) is 2. The summed E-state index contributed by atoms with van der Waals surface area (Å²) in [5.41, 5.74) is -5.21. The molecule has 47 heavy (non-hydrogen) atoms. The third kappa shape index (κ3) is 8.04. The maximum atomic E-state index is 14.0. The second kappa shape index (κ2) is 13.8. The van der Waals surface area contributed by atoms with E-state index < -0.39 is 64.6 Å². The third-order valence-electron chi connectivity index (χ3n) is 9.08. The van der Waals surface area contributed by atoms with Gasteiger partial charge in [-0.2, -0.15) is 44.8 Å². The van der Waals surface area contributed by atoms with Crippen LogP contribution < -0.4 is 4.90 Å². The van der Waals surface area contributed by atoms with E-state index in [-0.39, 0.29) is 61.0 Å². The van der Waals surface area contributed by atoms with Crippen LogP contribution in [0.3, 0.4) is 0 Å². The van der Waals surface area contributed by atoms with Crippen LogP contribution in [0, 0.1) is 23.2 Å². The lowest BCUT2D eigenvalue weighted by molar-refractivity contribution is -0.145. The summed E-state index contributed by atoms with van der Waals surface area (Å²) >= 11 is 0. The van der Waals surface area contributed by atoms with Crippen LogP contribution in [-0.2, 0) is 32.9 Å². The van der Waals surface area contributed by atoms with Gasteiger partial charge in [0.05, 0.1) is 35.3 Å². The number of halogens is 9. The molecule has 0 bridgehead atoms. The number of hydrogen-bond acceptors (Lipinski definition) is 4. The molecule has 1 saturated carbocycles. The first-order chi connectivity index (χ1) is 21.9. The molecule has 1 heterocycles. The van der Waals surface area contributed by atoms with Gasteiger partial charge in [-0.25, -0.2) is 0 Å². The van der Waals surface area contributed by atoms with Crippen molar-refractivity contribution in [2.24, 2.45) is 11.8 Å². The topological polar surface area (TPSA) is 70.4 Å². The Hall–Kier alpha value is -3.76. The maximum absolute atomic E-state index is 14.0. The zero-order chi connectivity index (χ0) is 34.9. The second-order valence-corrected chi connectivity index (χ2v) is 12.1. The molecule has 5 nitrogen and oxygen atoms in total. The van der Waals surface area contributed by atoms with Crippen LogP contribution in [0.2, 0.25) is 0 Å². The molecule has 2 aromatic rings. The van der Waals surface area contributed by atoms with Gasteiger partial charge in [0, 0.05) is 30.0 Å². The summed E-state index contributed by atoms with van der Waals surface area (Å²) in [5, 5.41) is 10.2. The Kier molecular flexibility index (Phi) is 10.6. The van der Waals surface area contributed by atoms with E-state index in [1.54, 1.807) is 19.9 Å². The predicted molar refractivity (Wildman–Crippen MR) is 152 cm³/mol. The number of hydrogen-bond donors (Lipinski definition) is 0. The number of esters is 1. The molecule has 0 aromatic heterocycles. The number of rotatable bonds is 7. The maximum Gasteiger partial charge on any atom is 0.416 e. The number of amides is 1. The van der Waals surface area contributed by atoms with Crippen LogP contribution in [-0.4, -0.2) is 24.5 Å². The summed E-state index contributed by atoms with van der Waals surface area (Å²) in [4.78, 5) is 27.3. The van der Waals surface area contributed by atoms with Gasteiger partial charge >= 0.3 is 24.5 Å². The minimum Gasteiger partial charge on any atom is -0.466 e. The number of fused-ring (bicyclic) bond motifs is 1. The normalized spacial score (nSPS) is 22.6. The van der Waals surface area contributed by atoms with Crippen molar-refractivity contribution in [2.45, 2.75) is 95.2 Å². The number of benzene rings is 2. The van der Waals surface area contributed by atoms with E-state index >= 15 is 0 Å². The predicted octanol–water partition coefficient (Wildman–Crippen LogP) is 9.41. The van der Waals surface area contributed by atoms with Crippen molar-refractivity contribution in [2.75, 3.05) is 11.5 Å². The van der Waals surface area contributed by atoms with Gasteiger partial charge in [0.15, 0.2) is 0 Å².